The Bertz CT molecular complexity index is 1560. The van der Waals surface area contributed by atoms with Gasteiger partial charge in [0.05, 0.1) is 25.0 Å². The van der Waals surface area contributed by atoms with Crippen molar-refractivity contribution in [2.24, 2.45) is 0 Å². The van der Waals surface area contributed by atoms with E-state index in [0.717, 1.165) is 24.9 Å². The van der Waals surface area contributed by atoms with Crippen molar-refractivity contribution < 1.29 is 48.4 Å². The first-order valence-corrected chi connectivity index (χ1v) is 19.6. The minimum Gasteiger partial charge on any atom is -0.480 e. The molecule has 2 aromatic heterocycles. The van der Waals surface area contributed by atoms with E-state index in [-0.39, 0.29) is 52.7 Å². The number of aromatic nitrogens is 4. The molecule has 10 N–H and O–H groups in total. The molecule has 0 bridgehead atoms. The van der Waals surface area contributed by atoms with Crippen molar-refractivity contribution in [1.82, 2.24) is 35.5 Å². The molecule has 0 aliphatic carbocycles. The van der Waals surface area contributed by atoms with Crippen LogP contribution in [0.2, 0.25) is 0 Å². The minimum absolute atomic E-state index is 0.0156. The molecule has 9 atom stereocenters. The van der Waals surface area contributed by atoms with Gasteiger partial charge in [0.2, 0.25) is 11.9 Å². The first kappa shape index (κ1) is 34.8. The predicted octanol–water partition coefficient (Wildman–Crippen LogP) is -0.885. The number of rotatable bonds is 15. The molecule has 5 heterocycles. The molecule has 4 unspecified atom stereocenters. The number of unbranched alkanes of at least 4 members (excludes halogenated alkanes) is 1. The lowest BCUT2D eigenvalue weighted by Crippen LogP contribution is -2.42. The summed E-state index contributed by atoms with van der Waals surface area (Å²) in [5, 5.41) is 39.0. The maximum Gasteiger partial charge on any atom is 0.397 e. The third-order valence-electron chi connectivity index (χ3n) is 7.56. The van der Waals surface area contributed by atoms with Crippen LogP contribution in [0.4, 0.5) is 10.7 Å². The number of anilines is 1. The quantitative estimate of drug-likeness (QED) is 0.0466. The highest BCUT2D eigenvalue weighted by atomic mass is 33.3. The zero-order chi connectivity index (χ0) is 33.2. The number of imidazole rings is 1. The molecule has 0 saturated carbocycles. The van der Waals surface area contributed by atoms with Gasteiger partial charge in [-0.05, 0) is 12.8 Å². The third-order valence-corrected chi connectivity index (χ3v) is 14.6. The van der Waals surface area contributed by atoms with Crippen LogP contribution in [0, 0.1) is 0 Å². The number of nitrogens with one attached hydrogen (secondary N) is 4. The van der Waals surface area contributed by atoms with Gasteiger partial charge in [0.15, 0.2) is 17.4 Å². The molecule has 2 aromatic rings. The van der Waals surface area contributed by atoms with E-state index >= 15 is 0 Å². The van der Waals surface area contributed by atoms with E-state index in [1.807, 2.05) is 0 Å². The number of aliphatic hydroxyl groups excluding tert-OH is 2. The maximum atomic E-state index is 12.6. The van der Waals surface area contributed by atoms with Crippen molar-refractivity contribution in [3.63, 3.8) is 0 Å². The maximum absolute atomic E-state index is 12.6. The first-order chi connectivity index (χ1) is 21.8. The van der Waals surface area contributed by atoms with Gasteiger partial charge >= 0.3 is 18.8 Å². The Labute approximate surface area is 272 Å². The van der Waals surface area contributed by atoms with Gasteiger partial charge in [-0.15, -0.1) is 0 Å². The highest BCUT2D eigenvalue weighted by molar-refractivity contribution is 8.98. The van der Waals surface area contributed by atoms with Gasteiger partial charge in [-0.2, -0.15) is 16.7 Å². The monoisotopic (exact) mass is 724 g/mol. The number of thioether (sulfide) groups is 1. The van der Waals surface area contributed by atoms with Crippen molar-refractivity contribution in [3.05, 3.63) is 16.7 Å². The molecule has 5 rings (SSSR count). The SMILES string of the molecule is Nc1nc2c(ncn2[C@@H]2O[C@H](COP(=O)(O)SSC[C@H](NC(=O)CCCCC3SCC4NC(=O)NC43)C(=O)O)[C@@H](O)[C@H]2O)c(=O)[nH]1. The van der Waals surface area contributed by atoms with Crippen molar-refractivity contribution in [3.8, 4) is 0 Å². The van der Waals surface area contributed by atoms with E-state index in [9.17, 15) is 44.0 Å². The number of nitrogens with zero attached hydrogens (tertiary/aromatic N) is 3. The van der Waals surface area contributed by atoms with E-state index in [0.29, 0.717) is 27.6 Å². The van der Waals surface area contributed by atoms with Crippen LogP contribution >= 0.6 is 39.8 Å². The predicted molar refractivity (Wildman–Crippen MR) is 168 cm³/mol. The smallest absolute Gasteiger partial charge is 0.397 e. The first-order valence-electron chi connectivity index (χ1n) is 14.1. The minimum atomic E-state index is -4.41. The molecular formula is C23H33N8O11PS3. The number of carboxylic acid groups (broad SMARTS) is 1. The molecule has 0 radical (unpaired) electrons. The number of carbonyl (C=O) groups excluding carboxylic acids is 2. The number of hydrogen-bond donors (Lipinski definition) is 9. The van der Waals surface area contributed by atoms with Gasteiger partial charge in [0, 0.05) is 33.6 Å². The molecule has 0 aromatic carbocycles. The molecule has 46 heavy (non-hydrogen) atoms. The van der Waals surface area contributed by atoms with Gasteiger partial charge in [0.25, 0.3) is 5.56 Å². The number of amides is 3. The van der Waals surface area contributed by atoms with Crippen molar-refractivity contribution in [1.29, 1.82) is 0 Å². The number of hydrogen-bond acceptors (Lipinski definition) is 15. The van der Waals surface area contributed by atoms with E-state index in [1.54, 1.807) is 11.8 Å². The second kappa shape index (κ2) is 14.7. The number of carbonyl (C=O) groups is 3. The average Bonchev–Trinajstić information content (AvgIpc) is 3.73. The zero-order valence-electron chi connectivity index (χ0n) is 23.9. The Morgan fingerprint density at radius 2 is 2.07 bits per heavy atom. The highest BCUT2D eigenvalue weighted by Gasteiger charge is 2.46. The number of aromatic amines is 1. The lowest BCUT2D eigenvalue weighted by atomic mass is 10.0. The van der Waals surface area contributed by atoms with Gasteiger partial charge in [-0.1, -0.05) is 17.2 Å². The van der Waals surface area contributed by atoms with Crippen LogP contribution in [0.5, 0.6) is 0 Å². The lowest BCUT2D eigenvalue weighted by molar-refractivity contribution is -0.141. The van der Waals surface area contributed by atoms with Gasteiger partial charge in [-0.25, -0.2) is 19.1 Å². The fourth-order valence-corrected chi connectivity index (χ4v) is 11.2. The topological polar surface area (TPSA) is 293 Å². The number of aliphatic carboxylic acids is 1. The summed E-state index contributed by atoms with van der Waals surface area (Å²) in [6, 6.07) is -1.31. The van der Waals surface area contributed by atoms with Crippen molar-refractivity contribution in [2.45, 2.75) is 73.6 Å². The Morgan fingerprint density at radius 1 is 1.28 bits per heavy atom. The van der Waals surface area contributed by atoms with Crippen molar-refractivity contribution >= 4 is 74.8 Å². The molecule has 3 amide bonds. The number of fused-ring (bicyclic) bond motifs is 2. The van der Waals surface area contributed by atoms with E-state index in [1.165, 1.54) is 4.57 Å². The summed E-state index contributed by atoms with van der Waals surface area (Å²) < 4.78 is 24.5. The molecular weight excluding hydrogens is 691 g/mol. The standard InChI is InChI=1S/C23H33N8O11PS3/c24-22-29-18-15(19(35)30-22)25-8-31(18)20-17(34)16(33)11(42-20)5-41-43(39,40)46-45-7-10(21(36)37)26-13(32)4-2-1-3-12-14-9(6-44-12)27-23(38)28-14/h8-12,14,16-17,20,33-34H,1-7H2,(H,26,32)(H,36,37)(H,39,40)(H2,27,28,38)(H3,24,29,30,35)/t9?,10-,11+,12?,14?,16+,17+,20+/m0/s1. The Kier molecular flexibility index (Phi) is 11.1. The van der Waals surface area contributed by atoms with E-state index in [2.05, 4.69) is 30.9 Å². The number of urea groups is 1. The van der Waals surface area contributed by atoms with Crippen LogP contribution in [0.25, 0.3) is 11.2 Å². The van der Waals surface area contributed by atoms with Crippen LogP contribution in [0.15, 0.2) is 11.1 Å². The van der Waals surface area contributed by atoms with Crippen LogP contribution in [0.3, 0.4) is 0 Å². The van der Waals surface area contributed by atoms with Crippen LogP contribution in [0.1, 0.15) is 31.9 Å². The number of nitrogens with two attached hydrogens (primary N) is 1. The Morgan fingerprint density at radius 3 is 2.83 bits per heavy atom. The largest absolute Gasteiger partial charge is 0.480 e. The van der Waals surface area contributed by atoms with Gasteiger partial charge in [-0.3, -0.25) is 23.7 Å². The summed E-state index contributed by atoms with van der Waals surface area (Å²) >= 11 is 1.77. The molecule has 0 spiro atoms. The number of carboxylic acids is 1. The van der Waals surface area contributed by atoms with E-state index in [4.69, 9.17) is 15.0 Å². The van der Waals surface area contributed by atoms with Crippen LogP contribution in [-0.2, 0) is 23.4 Å². The molecule has 23 heteroatoms. The van der Waals surface area contributed by atoms with Crippen LogP contribution < -0.4 is 27.2 Å². The summed E-state index contributed by atoms with van der Waals surface area (Å²) in [6.45, 7) is -5.04. The second-order valence-corrected chi connectivity index (χ2v) is 17.8. The van der Waals surface area contributed by atoms with E-state index < -0.39 is 61.4 Å². The fourth-order valence-electron chi connectivity index (χ4n) is 5.30. The number of ether oxygens (including phenoxy) is 1. The summed E-state index contributed by atoms with van der Waals surface area (Å²) in [7, 11) is 1.06. The Hall–Kier alpha value is -2.56. The summed E-state index contributed by atoms with van der Waals surface area (Å²) in [6.07, 6.45) is -2.33. The molecule has 19 nitrogen and oxygen atoms in total. The number of nitrogen functional groups attached to an aromatic ring is 1. The number of H-pyrrole nitrogens is 1. The average molecular weight is 725 g/mol. The molecule has 3 saturated heterocycles. The molecule has 3 fully saturated rings. The van der Waals surface area contributed by atoms with Crippen molar-refractivity contribution in [2.75, 3.05) is 23.8 Å². The van der Waals surface area contributed by atoms with Gasteiger partial charge < -0.3 is 46.6 Å². The summed E-state index contributed by atoms with van der Waals surface area (Å²) in [4.78, 5) is 68.1. The lowest BCUT2D eigenvalue weighted by Gasteiger charge is -2.18. The summed E-state index contributed by atoms with van der Waals surface area (Å²) in [5.74, 6) is -1.41. The summed E-state index contributed by atoms with van der Waals surface area (Å²) in [5.41, 5.74) is 4.86. The second-order valence-electron chi connectivity index (χ2n) is 10.8. The number of aliphatic hydroxyl groups is 2. The third kappa shape index (κ3) is 8.11. The normalized spacial score (nSPS) is 29.2. The van der Waals surface area contributed by atoms with Gasteiger partial charge in [0.1, 0.15) is 24.4 Å². The van der Waals surface area contributed by atoms with Crippen LogP contribution in [-0.4, -0.2) is 117 Å². The zero-order valence-corrected chi connectivity index (χ0v) is 27.2. The molecule has 254 valence electrons. The highest BCUT2D eigenvalue weighted by Crippen LogP contribution is 2.61. The Balaban J connectivity index is 1.03. The fraction of sp³-hybridized carbons (Fsp3) is 0.652. The molecule has 3 aliphatic rings. The molecule has 3 aliphatic heterocycles.